The predicted molar refractivity (Wildman–Crippen MR) is 131 cm³/mol. The number of carboxylic acids is 1. The topological polar surface area (TPSA) is 75.6 Å². The largest absolute Gasteiger partial charge is 0.480 e. The van der Waals surface area contributed by atoms with E-state index in [2.05, 4.69) is 39.9 Å². The normalized spacial score (nSPS) is 14.1. The molecule has 0 fully saturated rings. The van der Waals surface area contributed by atoms with Crippen LogP contribution in [0.2, 0.25) is 0 Å². The molecule has 0 bridgehead atoms. The fourth-order valence-corrected chi connectivity index (χ4v) is 6.33. The van der Waals surface area contributed by atoms with Crippen molar-refractivity contribution in [3.8, 4) is 0 Å². The molecule has 0 aliphatic rings. The number of nitrogens with one attached hydrogen (secondary N) is 1. The van der Waals surface area contributed by atoms with Crippen molar-refractivity contribution in [2.24, 2.45) is 22.2 Å². The maximum atomic E-state index is 12.7. The van der Waals surface area contributed by atoms with E-state index in [0.29, 0.717) is 24.9 Å². The zero-order valence-electron chi connectivity index (χ0n) is 20.6. The Morgan fingerprint density at radius 3 is 2.07 bits per heavy atom. The van der Waals surface area contributed by atoms with Gasteiger partial charge in [0, 0.05) is 23.3 Å². The Hall–Kier alpha value is -0.400. The lowest BCUT2D eigenvalue weighted by molar-refractivity contribution is -0.145. The van der Waals surface area contributed by atoms with Gasteiger partial charge in [0.05, 0.1) is 13.2 Å². The molecule has 0 radical (unpaired) electrons. The van der Waals surface area contributed by atoms with E-state index in [1.165, 1.54) is 0 Å². The van der Waals surface area contributed by atoms with Crippen LogP contribution in [0.25, 0.3) is 0 Å². The van der Waals surface area contributed by atoms with E-state index >= 15 is 0 Å². The van der Waals surface area contributed by atoms with Gasteiger partial charge in [0.25, 0.3) is 0 Å². The summed E-state index contributed by atoms with van der Waals surface area (Å²) in [5, 5.41) is 12.5. The first-order chi connectivity index (χ1) is 13.6. The third kappa shape index (κ3) is 13.1. The van der Waals surface area contributed by atoms with Crippen LogP contribution in [0.4, 0.5) is 0 Å². The Morgan fingerprint density at radius 2 is 1.57 bits per heavy atom. The van der Waals surface area contributed by atoms with E-state index < -0.39 is 17.4 Å². The van der Waals surface area contributed by atoms with Crippen LogP contribution in [0.1, 0.15) is 81.6 Å². The van der Waals surface area contributed by atoms with Crippen molar-refractivity contribution in [1.29, 1.82) is 0 Å². The summed E-state index contributed by atoms with van der Waals surface area (Å²) in [5.74, 6) is 1.08. The summed E-state index contributed by atoms with van der Waals surface area (Å²) in [6, 6.07) is -0.915. The third-order valence-corrected chi connectivity index (χ3v) is 7.68. The Labute approximate surface area is 192 Å². The van der Waals surface area contributed by atoms with E-state index in [9.17, 15) is 14.7 Å². The van der Waals surface area contributed by atoms with Crippen molar-refractivity contribution in [1.82, 2.24) is 5.32 Å². The lowest BCUT2D eigenvalue weighted by Gasteiger charge is -2.33. The minimum Gasteiger partial charge on any atom is -0.480 e. The van der Waals surface area contributed by atoms with Crippen LogP contribution in [0.3, 0.4) is 0 Å². The van der Waals surface area contributed by atoms with Crippen molar-refractivity contribution < 1.29 is 19.4 Å². The molecule has 0 spiro atoms. The first-order valence-corrected chi connectivity index (χ1v) is 13.4. The van der Waals surface area contributed by atoms with E-state index in [1.54, 1.807) is 21.6 Å². The molecular formula is C23H45NO4S2. The standard InChI is InChI=1S/C23H45NO4S2/c1-10-11-29-30-16-23(8,9)19(20(26)27)24-18(25)13-22(6,7)15-28-14-21(4,5)12-17(2)3/h17,19H,10-16H2,1-9H3,(H,24,25)(H,26,27)/t19-/m1/s1. The summed E-state index contributed by atoms with van der Waals surface area (Å²) in [4.78, 5) is 24.5. The highest BCUT2D eigenvalue weighted by atomic mass is 33.1. The fourth-order valence-electron chi connectivity index (χ4n) is 3.48. The highest BCUT2D eigenvalue weighted by Gasteiger charge is 2.37. The number of ether oxygens (including phenoxy) is 1. The predicted octanol–water partition coefficient (Wildman–Crippen LogP) is 5.88. The molecule has 0 aliphatic carbocycles. The van der Waals surface area contributed by atoms with Crippen molar-refractivity contribution >= 4 is 33.5 Å². The van der Waals surface area contributed by atoms with Crippen LogP contribution in [-0.2, 0) is 14.3 Å². The summed E-state index contributed by atoms with van der Waals surface area (Å²) < 4.78 is 5.96. The molecule has 30 heavy (non-hydrogen) atoms. The summed E-state index contributed by atoms with van der Waals surface area (Å²) in [6.45, 7) is 19.8. The Balaban J connectivity index is 4.73. The lowest BCUT2D eigenvalue weighted by atomic mass is 9.84. The number of rotatable bonds is 16. The molecule has 2 N–H and O–H groups in total. The van der Waals surface area contributed by atoms with E-state index in [1.807, 2.05) is 27.7 Å². The lowest BCUT2D eigenvalue weighted by Crippen LogP contribution is -2.52. The van der Waals surface area contributed by atoms with Crippen molar-refractivity contribution in [2.45, 2.75) is 87.6 Å². The van der Waals surface area contributed by atoms with Crippen LogP contribution in [0.5, 0.6) is 0 Å². The van der Waals surface area contributed by atoms with Crippen molar-refractivity contribution in [3.05, 3.63) is 0 Å². The Morgan fingerprint density at radius 1 is 1.00 bits per heavy atom. The summed E-state index contributed by atoms with van der Waals surface area (Å²) >= 11 is 0. The van der Waals surface area contributed by atoms with E-state index in [0.717, 1.165) is 18.6 Å². The molecule has 5 nitrogen and oxygen atoms in total. The van der Waals surface area contributed by atoms with E-state index in [-0.39, 0.29) is 23.2 Å². The molecule has 0 heterocycles. The van der Waals surface area contributed by atoms with Crippen molar-refractivity contribution in [2.75, 3.05) is 24.7 Å². The molecule has 7 heteroatoms. The summed E-state index contributed by atoms with van der Waals surface area (Å²) in [6.07, 6.45) is 2.40. The maximum absolute atomic E-state index is 12.7. The number of carbonyl (C=O) groups excluding carboxylic acids is 1. The second-order valence-electron chi connectivity index (χ2n) is 11.0. The molecule has 178 valence electrons. The Kier molecular flexibility index (Phi) is 13.0. The molecule has 0 rings (SSSR count). The van der Waals surface area contributed by atoms with Gasteiger partial charge in [-0.05, 0) is 29.6 Å². The number of amides is 1. The number of aliphatic carboxylic acids is 1. The van der Waals surface area contributed by atoms with Crippen LogP contribution in [0.15, 0.2) is 0 Å². The third-order valence-electron chi connectivity index (χ3n) is 4.72. The second kappa shape index (κ2) is 13.2. The van der Waals surface area contributed by atoms with Crippen LogP contribution >= 0.6 is 21.6 Å². The molecule has 0 aromatic carbocycles. The molecular weight excluding hydrogens is 418 g/mol. The number of hydrogen-bond donors (Lipinski definition) is 2. The van der Waals surface area contributed by atoms with Gasteiger partial charge in [-0.3, -0.25) is 4.79 Å². The van der Waals surface area contributed by atoms with Crippen LogP contribution in [-0.4, -0.2) is 47.7 Å². The molecule has 1 amide bonds. The molecule has 0 unspecified atom stereocenters. The summed E-state index contributed by atoms with van der Waals surface area (Å²) in [5.41, 5.74) is -0.816. The monoisotopic (exact) mass is 463 g/mol. The number of carboxylic acid groups (broad SMARTS) is 1. The zero-order valence-corrected chi connectivity index (χ0v) is 22.2. The number of carbonyl (C=O) groups is 2. The van der Waals surface area contributed by atoms with Gasteiger partial charge in [0.1, 0.15) is 6.04 Å². The Bertz CT molecular complexity index is 533. The molecule has 0 aliphatic heterocycles. The van der Waals surface area contributed by atoms with Gasteiger partial charge in [0.2, 0.25) is 5.91 Å². The minimum atomic E-state index is -0.987. The van der Waals surface area contributed by atoms with Crippen LogP contribution < -0.4 is 5.32 Å². The molecule has 0 aromatic rings. The smallest absolute Gasteiger partial charge is 0.326 e. The fraction of sp³-hybridized carbons (Fsp3) is 0.913. The van der Waals surface area contributed by atoms with Crippen LogP contribution in [0, 0.1) is 22.2 Å². The molecule has 0 aromatic heterocycles. The van der Waals surface area contributed by atoms with Gasteiger partial charge in [-0.1, -0.05) is 83.9 Å². The van der Waals surface area contributed by atoms with Gasteiger partial charge in [-0.25, -0.2) is 4.79 Å². The second-order valence-corrected chi connectivity index (χ2v) is 13.6. The van der Waals surface area contributed by atoms with Gasteiger partial charge >= 0.3 is 5.97 Å². The number of hydrogen-bond acceptors (Lipinski definition) is 5. The van der Waals surface area contributed by atoms with E-state index in [4.69, 9.17) is 4.74 Å². The van der Waals surface area contributed by atoms with Gasteiger partial charge < -0.3 is 15.2 Å². The highest BCUT2D eigenvalue weighted by Crippen LogP contribution is 2.33. The van der Waals surface area contributed by atoms with Gasteiger partial charge in [0.15, 0.2) is 0 Å². The SMILES string of the molecule is CCCSSCC(C)(C)[C@H](NC(=O)CC(C)(C)COCC(C)(C)CC(C)C)C(=O)O. The average molecular weight is 464 g/mol. The molecule has 0 saturated heterocycles. The van der Waals surface area contributed by atoms with Gasteiger partial charge in [-0.15, -0.1) is 0 Å². The first kappa shape index (κ1) is 29.6. The molecule has 0 saturated carbocycles. The van der Waals surface area contributed by atoms with Gasteiger partial charge in [-0.2, -0.15) is 0 Å². The molecule has 1 atom stereocenters. The van der Waals surface area contributed by atoms with Crippen molar-refractivity contribution in [3.63, 3.8) is 0 Å². The highest BCUT2D eigenvalue weighted by molar-refractivity contribution is 8.76. The first-order valence-electron chi connectivity index (χ1n) is 11.0. The minimum absolute atomic E-state index is 0.0956. The average Bonchev–Trinajstić information content (AvgIpc) is 2.54. The zero-order chi connectivity index (χ0) is 23.6. The quantitative estimate of drug-likeness (QED) is 0.220. The summed E-state index contributed by atoms with van der Waals surface area (Å²) in [7, 11) is 3.42. The maximum Gasteiger partial charge on any atom is 0.326 e.